The molecule has 1 aromatic heterocycles. The Hall–Kier alpha value is -2.65. The number of ether oxygens (including phenoxy) is 1. The molecule has 8 nitrogen and oxygen atoms in total. The largest absolute Gasteiger partial charge is 0.492 e. The lowest BCUT2D eigenvalue weighted by Crippen LogP contribution is -2.49. The minimum Gasteiger partial charge on any atom is -0.492 e. The molecule has 0 unspecified atom stereocenters. The average Bonchev–Trinajstić information content (AvgIpc) is 2.74. The third kappa shape index (κ3) is 5.24. The number of carbonyl (C=O) groups excluding carboxylic acids is 1. The molecule has 1 aliphatic rings. The molecule has 0 bridgehead atoms. The maximum absolute atomic E-state index is 13.3. The third-order valence-corrected chi connectivity index (χ3v) is 6.70. The van der Waals surface area contributed by atoms with Gasteiger partial charge in [-0.05, 0) is 38.0 Å². The van der Waals surface area contributed by atoms with Crippen molar-refractivity contribution in [1.82, 2.24) is 14.6 Å². The smallest absolute Gasteiger partial charge is 0.319 e. The standard InChI is InChI=1S/C20H26N4O4S/c1-2-28-18-11-12-21-15-19(18)29(26,27)24-13-7-6-10-17(24)14-22-20(25)23-16-8-4-3-5-9-16/h3-5,8-9,11-12,15,17H,2,6-7,10,13-14H2,1H3,(H2,22,23,25)/t17-/m0/s1. The minimum atomic E-state index is -3.80. The summed E-state index contributed by atoms with van der Waals surface area (Å²) in [7, 11) is -3.80. The summed E-state index contributed by atoms with van der Waals surface area (Å²) in [4.78, 5) is 16.2. The van der Waals surface area contributed by atoms with Crippen LogP contribution in [0.15, 0.2) is 53.7 Å². The topological polar surface area (TPSA) is 101 Å². The predicted octanol–water partition coefficient (Wildman–Crippen LogP) is 2.85. The first-order valence-electron chi connectivity index (χ1n) is 9.71. The lowest BCUT2D eigenvalue weighted by Gasteiger charge is -2.35. The fourth-order valence-corrected chi connectivity index (χ4v) is 5.13. The molecule has 0 aliphatic carbocycles. The van der Waals surface area contributed by atoms with Crippen LogP contribution in [-0.2, 0) is 10.0 Å². The van der Waals surface area contributed by atoms with E-state index < -0.39 is 10.0 Å². The molecule has 2 heterocycles. The Balaban J connectivity index is 1.71. The van der Waals surface area contributed by atoms with E-state index in [2.05, 4.69) is 15.6 Å². The lowest BCUT2D eigenvalue weighted by molar-refractivity contribution is 0.230. The van der Waals surface area contributed by atoms with E-state index in [4.69, 9.17) is 4.74 Å². The highest BCUT2D eigenvalue weighted by Gasteiger charge is 2.35. The first-order chi connectivity index (χ1) is 14.0. The number of hydrogen-bond acceptors (Lipinski definition) is 5. The van der Waals surface area contributed by atoms with Gasteiger partial charge in [-0.15, -0.1) is 0 Å². The molecule has 2 aromatic rings. The van der Waals surface area contributed by atoms with Crippen LogP contribution in [0.1, 0.15) is 26.2 Å². The molecular weight excluding hydrogens is 392 g/mol. The molecule has 0 saturated carbocycles. The average molecular weight is 419 g/mol. The summed E-state index contributed by atoms with van der Waals surface area (Å²) >= 11 is 0. The van der Waals surface area contributed by atoms with E-state index in [-0.39, 0.29) is 23.5 Å². The van der Waals surface area contributed by atoms with Crippen molar-refractivity contribution in [1.29, 1.82) is 0 Å². The van der Waals surface area contributed by atoms with Crippen LogP contribution in [0.5, 0.6) is 5.75 Å². The van der Waals surface area contributed by atoms with Crippen LogP contribution in [0, 0.1) is 0 Å². The van der Waals surface area contributed by atoms with Gasteiger partial charge in [-0.1, -0.05) is 24.6 Å². The van der Waals surface area contributed by atoms with Crippen LogP contribution in [0.2, 0.25) is 0 Å². The maximum atomic E-state index is 13.3. The Morgan fingerprint density at radius 3 is 2.79 bits per heavy atom. The van der Waals surface area contributed by atoms with Crippen LogP contribution < -0.4 is 15.4 Å². The summed E-state index contributed by atoms with van der Waals surface area (Å²) in [5.74, 6) is 0.293. The molecule has 156 valence electrons. The third-order valence-electron chi connectivity index (χ3n) is 4.74. The van der Waals surface area contributed by atoms with Gasteiger partial charge in [0.25, 0.3) is 0 Å². The Morgan fingerprint density at radius 1 is 1.24 bits per heavy atom. The van der Waals surface area contributed by atoms with Crippen molar-refractivity contribution in [3.05, 3.63) is 48.8 Å². The van der Waals surface area contributed by atoms with E-state index in [1.54, 1.807) is 25.1 Å². The number of nitrogens with zero attached hydrogens (tertiary/aromatic N) is 2. The van der Waals surface area contributed by atoms with Crippen molar-refractivity contribution >= 4 is 21.7 Å². The second-order valence-electron chi connectivity index (χ2n) is 6.72. The molecule has 1 atom stereocenters. The molecule has 1 fully saturated rings. The number of nitrogens with one attached hydrogen (secondary N) is 2. The van der Waals surface area contributed by atoms with Crippen LogP contribution in [0.25, 0.3) is 0 Å². The summed E-state index contributed by atoms with van der Waals surface area (Å²) in [6.07, 6.45) is 5.18. The van der Waals surface area contributed by atoms with Crippen molar-refractivity contribution in [2.24, 2.45) is 0 Å². The second-order valence-corrected chi connectivity index (χ2v) is 8.58. The van der Waals surface area contributed by atoms with E-state index in [1.165, 1.54) is 16.7 Å². The molecule has 1 aliphatic heterocycles. The van der Waals surface area contributed by atoms with Gasteiger partial charge in [-0.3, -0.25) is 4.98 Å². The van der Waals surface area contributed by atoms with E-state index in [0.717, 1.165) is 12.8 Å². The fraction of sp³-hybridized carbons (Fsp3) is 0.400. The zero-order valence-corrected chi connectivity index (χ0v) is 17.2. The summed E-state index contributed by atoms with van der Waals surface area (Å²) < 4.78 is 33.6. The fourth-order valence-electron chi connectivity index (χ4n) is 3.36. The number of carbonyl (C=O) groups is 1. The summed E-state index contributed by atoms with van der Waals surface area (Å²) in [5, 5.41) is 5.54. The van der Waals surface area contributed by atoms with E-state index in [0.29, 0.717) is 31.0 Å². The van der Waals surface area contributed by atoms with Gasteiger partial charge in [0.1, 0.15) is 10.6 Å². The molecule has 3 rings (SSSR count). The summed E-state index contributed by atoms with van der Waals surface area (Å²) in [5.41, 5.74) is 0.676. The van der Waals surface area contributed by atoms with Gasteiger partial charge in [-0.2, -0.15) is 4.31 Å². The van der Waals surface area contributed by atoms with Gasteiger partial charge in [-0.25, -0.2) is 13.2 Å². The number of urea groups is 1. The van der Waals surface area contributed by atoms with Gasteiger partial charge < -0.3 is 15.4 Å². The number of pyridine rings is 1. The minimum absolute atomic E-state index is 0.0579. The van der Waals surface area contributed by atoms with Crippen molar-refractivity contribution in [2.75, 3.05) is 25.0 Å². The molecule has 0 spiro atoms. The first kappa shape index (κ1) is 21.1. The molecule has 9 heteroatoms. The van der Waals surface area contributed by atoms with Crippen molar-refractivity contribution in [3.8, 4) is 5.75 Å². The van der Waals surface area contributed by atoms with Gasteiger partial charge in [0.15, 0.2) is 0 Å². The number of amides is 2. The number of anilines is 1. The molecule has 0 radical (unpaired) electrons. The van der Waals surface area contributed by atoms with Crippen LogP contribution in [0.3, 0.4) is 0 Å². The zero-order chi connectivity index (χ0) is 20.7. The molecule has 1 aromatic carbocycles. The predicted molar refractivity (Wildman–Crippen MR) is 110 cm³/mol. The van der Waals surface area contributed by atoms with E-state index in [1.807, 2.05) is 18.2 Å². The Labute approximate surface area is 171 Å². The van der Waals surface area contributed by atoms with E-state index >= 15 is 0 Å². The SMILES string of the molecule is CCOc1ccncc1S(=O)(=O)N1CCCC[C@H]1CNC(=O)Nc1ccccc1. The van der Waals surface area contributed by atoms with Crippen LogP contribution in [-0.4, -0.2) is 49.5 Å². The quantitative estimate of drug-likeness (QED) is 0.720. The monoisotopic (exact) mass is 418 g/mol. The second kappa shape index (κ2) is 9.71. The number of sulfonamides is 1. The first-order valence-corrected chi connectivity index (χ1v) is 11.1. The van der Waals surface area contributed by atoms with Crippen LogP contribution >= 0.6 is 0 Å². The number of aromatic nitrogens is 1. The highest BCUT2D eigenvalue weighted by atomic mass is 32.2. The lowest BCUT2D eigenvalue weighted by atomic mass is 10.1. The van der Waals surface area contributed by atoms with Gasteiger partial charge in [0.05, 0.1) is 12.8 Å². The number of hydrogen-bond donors (Lipinski definition) is 2. The Morgan fingerprint density at radius 2 is 2.03 bits per heavy atom. The van der Waals surface area contributed by atoms with E-state index in [9.17, 15) is 13.2 Å². The van der Waals surface area contributed by atoms with Gasteiger partial charge in [0, 0.05) is 31.0 Å². The molecular formula is C20H26N4O4S. The summed E-state index contributed by atoms with van der Waals surface area (Å²) in [6.45, 7) is 2.78. The Bertz CT molecular complexity index is 921. The Kier molecular flexibility index (Phi) is 7.05. The summed E-state index contributed by atoms with van der Waals surface area (Å²) in [6, 6.07) is 9.96. The van der Waals surface area contributed by atoms with Crippen LogP contribution in [0.4, 0.5) is 10.5 Å². The molecule has 29 heavy (non-hydrogen) atoms. The van der Waals surface area contributed by atoms with Gasteiger partial charge in [0.2, 0.25) is 10.0 Å². The van der Waals surface area contributed by atoms with Crippen molar-refractivity contribution in [2.45, 2.75) is 37.1 Å². The maximum Gasteiger partial charge on any atom is 0.319 e. The number of rotatable bonds is 7. The highest BCUT2D eigenvalue weighted by molar-refractivity contribution is 7.89. The number of piperidine rings is 1. The zero-order valence-electron chi connectivity index (χ0n) is 16.4. The molecule has 2 N–H and O–H groups in total. The number of para-hydroxylation sites is 1. The van der Waals surface area contributed by atoms with Crippen molar-refractivity contribution < 1.29 is 17.9 Å². The molecule has 1 saturated heterocycles. The normalized spacial score (nSPS) is 17.5. The van der Waals surface area contributed by atoms with Gasteiger partial charge >= 0.3 is 6.03 Å². The highest BCUT2D eigenvalue weighted by Crippen LogP contribution is 2.30. The van der Waals surface area contributed by atoms with Crippen molar-refractivity contribution in [3.63, 3.8) is 0 Å². The number of benzene rings is 1. The molecule has 2 amide bonds.